The number of allylic oxidation sites excluding steroid dienone is 2. The molecule has 86 valence electrons. The van der Waals surface area contributed by atoms with Crippen LogP contribution in [0.3, 0.4) is 0 Å². The Morgan fingerprint density at radius 1 is 1.19 bits per heavy atom. The van der Waals surface area contributed by atoms with Crippen LogP contribution in [0.2, 0.25) is 0 Å². The second-order valence-electron chi connectivity index (χ2n) is 3.96. The maximum atomic E-state index is 11.8. The van der Waals surface area contributed by atoms with Crippen LogP contribution in [0.1, 0.15) is 12.8 Å². The highest BCUT2D eigenvalue weighted by atomic mass is 16.5. The normalized spacial score (nSPS) is 21.2. The average molecular weight is 222 g/mol. The van der Waals surface area contributed by atoms with Gasteiger partial charge in [-0.2, -0.15) is 0 Å². The minimum absolute atomic E-state index is 0.00829. The molecule has 0 aromatic heterocycles. The number of nitrogens with one attached hydrogen (secondary N) is 1. The molecule has 0 aromatic carbocycles. The van der Waals surface area contributed by atoms with E-state index in [1.807, 2.05) is 10.4 Å². The smallest absolute Gasteiger partial charge is 0.202 e. The molecule has 1 aliphatic heterocycles. The molecule has 1 fully saturated rings. The van der Waals surface area contributed by atoms with Crippen LogP contribution in [0, 0.1) is 0 Å². The third-order valence-electron chi connectivity index (χ3n) is 2.86. The second kappa shape index (κ2) is 4.59. The lowest BCUT2D eigenvalue weighted by molar-refractivity contribution is -0.116. The van der Waals surface area contributed by atoms with Gasteiger partial charge in [0.1, 0.15) is 0 Å². The Balaban J connectivity index is 2.15. The molecule has 2 rings (SSSR count). The Hall–Kier alpha value is -1.46. The van der Waals surface area contributed by atoms with Crippen molar-refractivity contribution in [2.45, 2.75) is 12.8 Å². The lowest BCUT2D eigenvalue weighted by Gasteiger charge is -2.21. The zero-order chi connectivity index (χ0) is 11.5. The highest BCUT2D eigenvalue weighted by molar-refractivity contribution is 6.19. The van der Waals surface area contributed by atoms with Crippen molar-refractivity contribution < 1.29 is 14.8 Å². The number of ketones is 2. The van der Waals surface area contributed by atoms with Crippen molar-refractivity contribution in [2.24, 2.45) is 0 Å². The molecule has 2 N–H and O–H groups in total. The molecule has 2 aliphatic rings. The van der Waals surface area contributed by atoms with Gasteiger partial charge in [0.15, 0.2) is 5.78 Å². The average Bonchev–Trinajstić information content (AvgIpc) is 2.76. The Morgan fingerprint density at radius 2 is 1.88 bits per heavy atom. The molecule has 5 heteroatoms. The van der Waals surface area contributed by atoms with Crippen molar-refractivity contribution in [3.05, 3.63) is 23.4 Å². The number of nitrogens with zero attached hydrogens (tertiary/aromatic N) is 1. The highest BCUT2D eigenvalue weighted by Gasteiger charge is 2.25. The fourth-order valence-corrected chi connectivity index (χ4v) is 2.02. The first kappa shape index (κ1) is 11.0. The maximum Gasteiger partial charge on any atom is 0.202 e. The van der Waals surface area contributed by atoms with Gasteiger partial charge >= 0.3 is 0 Å². The van der Waals surface area contributed by atoms with E-state index in [9.17, 15) is 9.59 Å². The monoisotopic (exact) mass is 222 g/mol. The molecule has 0 unspecified atom stereocenters. The number of carbonyl (C=O) groups is 2. The topological polar surface area (TPSA) is 69.6 Å². The number of hydrogen-bond donors (Lipinski definition) is 2. The molecule has 1 aliphatic carbocycles. The molecule has 1 saturated heterocycles. The van der Waals surface area contributed by atoms with E-state index in [0.717, 1.165) is 25.9 Å². The van der Waals surface area contributed by atoms with Crippen molar-refractivity contribution in [3.63, 3.8) is 0 Å². The van der Waals surface area contributed by atoms with Gasteiger partial charge in [-0.15, -0.1) is 0 Å². The standard InChI is InChI=1S/C11H14N2O3/c14-10-6-9(13-3-1-2-4-13)11(15)5-8(10)7-12-16/h5-6,12,16H,1-4,7H2. The summed E-state index contributed by atoms with van der Waals surface area (Å²) in [5.41, 5.74) is 2.68. The zero-order valence-corrected chi connectivity index (χ0v) is 8.90. The maximum absolute atomic E-state index is 11.8. The summed E-state index contributed by atoms with van der Waals surface area (Å²) in [5.74, 6) is -0.352. The van der Waals surface area contributed by atoms with Crippen molar-refractivity contribution in [2.75, 3.05) is 19.6 Å². The highest BCUT2D eigenvalue weighted by Crippen LogP contribution is 2.20. The lowest BCUT2D eigenvalue weighted by Crippen LogP contribution is -2.29. The van der Waals surface area contributed by atoms with Gasteiger partial charge in [-0.3, -0.25) is 9.59 Å². The van der Waals surface area contributed by atoms with E-state index >= 15 is 0 Å². The molecule has 0 bridgehead atoms. The van der Waals surface area contributed by atoms with Crippen LogP contribution < -0.4 is 5.48 Å². The van der Waals surface area contributed by atoms with Crippen LogP contribution in [0.25, 0.3) is 0 Å². The molecule has 0 spiro atoms. The van der Waals surface area contributed by atoms with Gasteiger partial charge in [-0.05, 0) is 18.9 Å². The number of likely N-dealkylation sites (tertiary alicyclic amines) is 1. The number of hydrogen-bond acceptors (Lipinski definition) is 5. The summed E-state index contributed by atoms with van der Waals surface area (Å²) in [6.45, 7) is 1.69. The minimum atomic E-state index is -0.206. The van der Waals surface area contributed by atoms with Crippen molar-refractivity contribution in [1.29, 1.82) is 0 Å². The molecule has 5 nitrogen and oxygen atoms in total. The van der Waals surface area contributed by atoms with Crippen LogP contribution in [-0.4, -0.2) is 41.3 Å². The Kier molecular flexibility index (Phi) is 3.17. The summed E-state index contributed by atoms with van der Waals surface area (Å²) in [6, 6.07) is 0. The van der Waals surface area contributed by atoms with E-state index in [1.54, 1.807) is 0 Å². The Labute approximate surface area is 93.4 Å². The molecule has 1 heterocycles. The van der Waals surface area contributed by atoms with E-state index in [1.165, 1.54) is 12.2 Å². The van der Waals surface area contributed by atoms with E-state index in [2.05, 4.69) is 0 Å². The predicted molar refractivity (Wildman–Crippen MR) is 56.8 cm³/mol. The van der Waals surface area contributed by atoms with Crippen LogP contribution in [0.15, 0.2) is 23.4 Å². The van der Waals surface area contributed by atoms with Gasteiger partial charge in [0.25, 0.3) is 0 Å². The van der Waals surface area contributed by atoms with Gasteiger partial charge in [-0.25, -0.2) is 5.48 Å². The fourth-order valence-electron chi connectivity index (χ4n) is 2.02. The summed E-state index contributed by atoms with van der Waals surface area (Å²) < 4.78 is 0. The zero-order valence-electron chi connectivity index (χ0n) is 8.90. The molecule has 16 heavy (non-hydrogen) atoms. The Bertz CT molecular complexity index is 379. The molecule has 0 aromatic rings. The van der Waals surface area contributed by atoms with Crippen LogP contribution >= 0.6 is 0 Å². The predicted octanol–water partition coefficient (Wildman–Crippen LogP) is 0.0231. The quantitative estimate of drug-likeness (QED) is 0.520. The van der Waals surface area contributed by atoms with Gasteiger partial charge in [0, 0.05) is 31.3 Å². The van der Waals surface area contributed by atoms with Crippen LogP contribution in [0.5, 0.6) is 0 Å². The van der Waals surface area contributed by atoms with Crippen molar-refractivity contribution in [1.82, 2.24) is 10.4 Å². The fraction of sp³-hybridized carbons (Fsp3) is 0.455. The number of rotatable bonds is 3. The largest absolute Gasteiger partial charge is 0.368 e. The molecule has 0 saturated carbocycles. The first-order valence-electron chi connectivity index (χ1n) is 5.35. The summed E-state index contributed by atoms with van der Waals surface area (Å²) in [4.78, 5) is 25.3. The van der Waals surface area contributed by atoms with Crippen molar-refractivity contribution >= 4 is 11.6 Å². The van der Waals surface area contributed by atoms with Gasteiger partial charge < -0.3 is 10.1 Å². The molecule has 0 radical (unpaired) electrons. The van der Waals surface area contributed by atoms with Gasteiger partial charge in [0.2, 0.25) is 5.78 Å². The van der Waals surface area contributed by atoms with E-state index in [0.29, 0.717) is 11.3 Å². The molecular weight excluding hydrogens is 208 g/mol. The summed E-state index contributed by atoms with van der Waals surface area (Å²) in [5, 5.41) is 8.51. The van der Waals surface area contributed by atoms with Crippen molar-refractivity contribution in [3.8, 4) is 0 Å². The SMILES string of the molecule is O=C1C=C(N2CCCC2)C(=O)C=C1CNO. The lowest BCUT2D eigenvalue weighted by atomic mass is 10.0. The first-order valence-corrected chi connectivity index (χ1v) is 5.35. The number of carbonyl (C=O) groups excluding carboxylic acids is 2. The summed E-state index contributed by atoms with van der Waals surface area (Å²) in [7, 11) is 0. The number of hydroxylamine groups is 1. The molecule has 0 atom stereocenters. The molecular formula is C11H14N2O3. The van der Waals surface area contributed by atoms with Gasteiger partial charge in [0.05, 0.1) is 5.70 Å². The third kappa shape index (κ3) is 2.05. The minimum Gasteiger partial charge on any atom is -0.368 e. The van der Waals surface area contributed by atoms with Crippen LogP contribution in [-0.2, 0) is 9.59 Å². The van der Waals surface area contributed by atoms with E-state index < -0.39 is 0 Å². The van der Waals surface area contributed by atoms with Crippen LogP contribution in [0.4, 0.5) is 0 Å². The van der Waals surface area contributed by atoms with Gasteiger partial charge in [-0.1, -0.05) is 0 Å². The third-order valence-corrected chi connectivity index (χ3v) is 2.86. The Morgan fingerprint density at radius 3 is 2.50 bits per heavy atom. The second-order valence-corrected chi connectivity index (χ2v) is 3.96. The molecule has 0 amide bonds. The summed E-state index contributed by atoms with van der Waals surface area (Å²) >= 11 is 0. The van der Waals surface area contributed by atoms with E-state index in [4.69, 9.17) is 5.21 Å². The summed E-state index contributed by atoms with van der Waals surface area (Å²) in [6.07, 6.45) is 4.81. The van der Waals surface area contributed by atoms with E-state index in [-0.39, 0.29) is 18.1 Å². The first-order chi connectivity index (χ1) is 7.72.